The zero-order valence-electron chi connectivity index (χ0n) is 32.0. The number of benzene rings is 6. The summed E-state index contributed by atoms with van der Waals surface area (Å²) in [5.74, 6) is 0. The number of sulfone groups is 2. The molecule has 2 unspecified atom stereocenters. The molecule has 0 aliphatic carbocycles. The fraction of sp³-hybridized carbons (Fsp3) is 0.217. The van der Waals surface area contributed by atoms with Gasteiger partial charge in [0.05, 0.1) is 55.2 Å². The molecule has 13 heteroatoms. The van der Waals surface area contributed by atoms with E-state index in [-0.39, 0.29) is 46.9 Å². The third kappa shape index (κ3) is 10.6. The molecule has 0 bridgehead atoms. The molecule has 59 heavy (non-hydrogen) atoms. The number of ether oxygens (including phenoxy) is 2. The molecule has 8 rings (SSSR count). The van der Waals surface area contributed by atoms with Gasteiger partial charge in [-0.2, -0.15) is 0 Å². The lowest BCUT2D eigenvalue weighted by atomic mass is 10.1. The lowest BCUT2D eigenvalue weighted by Crippen LogP contribution is -2.37. The number of hydrogen-bond donors (Lipinski definition) is 0. The summed E-state index contributed by atoms with van der Waals surface area (Å²) in [6.07, 6.45) is -0.187. The first kappa shape index (κ1) is 43.0. The SMILES string of the molecule is O=S(=O)(c1ccc(C2CN(Cc3ccccc3)CCO2)cc1)c1c(Cl)cccc1Cl.O=S(=O)(c1ccc(C2CN(Cc3ccccc3)CCO2)cc1)c1ccccc1Cl. The second-order valence-electron chi connectivity index (χ2n) is 14.3. The largest absolute Gasteiger partial charge is 0.371 e. The van der Waals surface area contributed by atoms with Gasteiger partial charge in [0.1, 0.15) is 4.90 Å². The van der Waals surface area contributed by atoms with Crippen molar-refractivity contribution in [2.24, 2.45) is 0 Å². The van der Waals surface area contributed by atoms with E-state index in [0.717, 1.165) is 50.4 Å². The summed E-state index contributed by atoms with van der Waals surface area (Å²) in [5, 5.41) is 0.446. The quantitative estimate of drug-likeness (QED) is 0.134. The van der Waals surface area contributed by atoms with E-state index >= 15 is 0 Å². The molecule has 2 heterocycles. The highest BCUT2D eigenvalue weighted by Gasteiger charge is 2.27. The van der Waals surface area contributed by atoms with Crippen LogP contribution >= 0.6 is 34.8 Å². The Balaban J connectivity index is 0.000000179. The van der Waals surface area contributed by atoms with Crippen LogP contribution in [0.25, 0.3) is 0 Å². The molecule has 0 aromatic heterocycles. The predicted molar refractivity (Wildman–Crippen MR) is 233 cm³/mol. The van der Waals surface area contributed by atoms with Crippen molar-refractivity contribution >= 4 is 54.5 Å². The van der Waals surface area contributed by atoms with Gasteiger partial charge in [-0.1, -0.05) is 138 Å². The van der Waals surface area contributed by atoms with Gasteiger partial charge in [0, 0.05) is 39.3 Å². The Morgan fingerprint density at radius 1 is 0.475 bits per heavy atom. The second kappa shape index (κ2) is 19.5. The fourth-order valence-electron chi connectivity index (χ4n) is 7.15. The van der Waals surface area contributed by atoms with Gasteiger partial charge in [-0.3, -0.25) is 9.80 Å². The Kier molecular flexibility index (Phi) is 14.3. The minimum atomic E-state index is -3.81. The highest BCUT2D eigenvalue weighted by atomic mass is 35.5. The lowest BCUT2D eigenvalue weighted by Gasteiger charge is -2.33. The van der Waals surface area contributed by atoms with E-state index in [1.54, 1.807) is 60.7 Å². The smallest absolute Gasteiger partial charge is 0.209 e. The molecular formula is C46H43Cl3N2O6S2. The van der Waals surface area contributed by atoms with Crippen molar-refractivity contribution in [3.05, 3.63) is 189 Å². The van der Waals surface area contributed by atoms with Crippen LogP contribution in [0.15, 0.2) is 171 Å². The maximum absolute atomic E-state index is 13.0. The van der Waals surface area contributed by atoms with Crippen LogP contribution in [0.2, 0.25) is 15.1 Å². The number of hydrogen-bond acceptors (Lipinski definition) is 8. The van der Waals surface area contributed by atoms with Gasteiger partial charge in [0.15, 0.2) is 0 Å². The van der Waals surface area contributed by atoms with Crippen molar-refractivity contribution < 1.29 is 26.3 Å². The second-order valence-corrected chi connectivity index (χ2v) is 19.3. The average molecular weight is 890 g/mol. The Labute approximate surface area is 361 Å². The van der Waals surface area contributed by atoms with Crippen molar-refractivity contribution in [3.8, 4) is 0 Å². The van der Waals surface area contributed by atoms with E-state index in [2.05, 4.69) is 34.1 Å². The van der Waals surface area contributed by atoms with E-state index in [1.165, 1.54) is 29.3 Å². The normalized spacial score (nSPS) is 17.8. The first-order valence-corrected chi connectivity index (χ1v) is 23.2. The van der Waals surface area contributed by atoms with E-state index in [1.807, 2.05) is 48.5 Å². The third-order valence-electron chi connectivity index (χ3n) is 10.2. The molecule has 6 aromatic carbocycles. The van der Waals surface area contributed by atoms with Crippen LogP contribution in [-0.2, 0) is 42.2 Å². The Morgan fingerprint density at radius 2 is 0.881 bits per heavy atom. The summed E-state index contributed by atoms with van der Waals surface area (Å²) in [5.41, 5.74) is 4.45. The highest BCUT2D eigenvalue weighted by Crippen LogP contribution is 2.35. The van der Waals surface area contributed by atoms with Gasteiger partial charge >= 0.3 is 0 Å². The highest BCUT2D eigenvalue weighted by molar-refractivity contribution is 7.92. The standard InChI is InChI=1S/C23H21Cl2NO3S.C23H22ClNO3S/c24-20-7-4-8-21(25)23(20)30(27,28)19-11-9-18(10-12-19)22-16-26(13-14-29-22)15-17-5-2-1-3-6-17;24-21-8-4-5-9-23(21)29(26,27)20-12-10-19(11-13-20)22-17-25(14-15-28-22)16-18-6-2-1-3-7-18/h1-12,22H,13-16H2;1-13,22H,14-17H2. The topological polar surface area (TPSA) is 93.2 Å². The molecule has 0 amide bonds. The van der Waals surface area contributed by atoms with E-state index in [4.69, 9.17) is 44.3 Å². The van der Waals surface area contributed by atoms with Gasteiger partial charge in [-0.25, -0.2) is 16.8 Å². The maximum atomic E-state index is 13.0. The molecule has 306 valence electrons. The van der Waals surface area contributed by atoms with Gasteiger partial charge in [0.2, 0.25) is 19.7 Å². The number of nitrogens with zero attached hydrogens (tertiary/aromatic N) is 2. The van der Waals surface area contributed by atoms with E-state index < -0.39 is 19.7 Å². The molecule has 2 fully saturated rings. The summed E-state index contributed by atoms with van der Waals surface area (Å²) < 4.78 is 63.7. The Bertz CT molecular complexity index is 2530. The molecule has 2 aliphatic heterocycles. The van der Waals surface area contributed by atoms with E-state index in [9.17, 15) is 16.8 Å². The minimum absolute atomic E-state index is 0.0657. The number of morpholine rings is 2. The van der Waals surface area contributed by atoms with Crippen molar-refractivity contribution in [3.63, 3.8) is 0 Å². The van der Waals surface area contributed by atoms with Crippen LogP contribution < -0.4 is 0 Å². The zero-order chi connectivity index (χ0) is 41.4. The molecule has 0 spiro atoms. The molecule has 6 aromatic rings. The van der Waals surface area contributed by atoms with Crippen molar-refractivity contribution in [2.45, 2.75) is 44.9 Å². The molecule has 0 saturated carbocycles. The summed E-state index contributed by atoms with van der Waals surface area (Å²) in [6, 6.07) is 45.5. The summed E-state index contributed by atoms with van der Waals surface area (Å²) >= 11 is 18.3. The molecule has 2 saturated heterocycles. The Morgan fingerprint density at radius 3 is 1.34 bits per heavy atom. The first-order chi connectivity index (χ1) is 28.5. The maximum Gasteiger partial charge on any atom is 0.209 e. The van der Waals surface area contributed by atoms with Crippen molar-refractivity contribution in [2.75, 3.05) is 39.4 Å². The fourth-order valence-corrected chi connectivity index (χ4v) is 11.3. The van der Waals surface area contributed by atoms with Crippen LogP contribution in [0.1, 0.15) is 34.5 Å². The van der Waals surface area contributed by atoms with Gasteiger partial charge < -0.3 is 9.47 Å². The molecule has 2 aliphatic rings. The van der Waals surface area contributed by atoms with Crippen molar-refractivity contribution in [1.82, 2.24) is 9.80 Å². The van der Waals surface area contributed by atoms with Crippen LogP contribution in [0.5, 0.6) is 0 Å². The van der Waals surface area contributed by atoms with Crippen LogP contribution in [0.4, 0.5) is 0 Å². The summed E-state index contributed by atoms with van der Waals surface area (Å²) in [7, 11) is -7.47. The van der Waals surface area contributed by atoms with Gasteiger partial charge in [0.25, 0.3) is 0 Å². The number of halogens is 3. The molecule has 0 N–H and O–H groups in total. The van der Waals surface area contributed by atoms with Crippen LogP contribution in [-0.4, -0.2) is 66.0 Å². The molecule has 8 nitrogen and oxygen atoms in total. The Hall–Kier alpha value is -4.07. The molecular weight excluding hydrogens is 847 g/mol. The summed E-state index contributed by atoms with van der Waals surface area (Å²) in [6.45, 7) is 6.28. The lowest BCUT2D eigenvalue weighted by molar-refractivity contribution is -0.0330. The zero-order valence-corrected chi connectivity index (χ0v) is 35.9. The predicted octanol–water partition coefficient (Wildman–Crippen LogP) is 10.1. The molecule has 0 radical (unpaired) electrons. The first-order valence-electron chi connectivity index (χ1n) is 19.1. The van der Waals surface area contributed by atoms with Gasteiger partial charge in [-0.05, 0) is 70.8 Å². The van der Waals surface area contributed by atoms with E-state index in [0.29, 0.717) is 13.2 Å². The van der Waals surface area contributed by atoms with Gasteiger partial charge in [-0.15, -0.1) is 0 Å². The molecule has 2 atom stereocenters. The summed E-state index contributed by atoms with van der Waals surface area (Å²) in [4.78, 5) is 5.14. The monoisotopic (exact) mass is 888 g/mol. The van der Waals surface area contributed by atoms with Crippen LogP contribution in [0.3, 0.4) is 0 Å². The third-order valence-corrected chi connectivity index (χ3v) is 15.2. The number of rotatable bonds is 10. The van der Waals surface area contributed by atoms with Crippen LogP contribution in [0, 0.1) is 0 Å². The van der Waals surface area contributed by atoms with Crippen molar-refractivity contribution in [1.29, 1.82) is 0 Å². The minimum Gasteiger partial charge on any atom is -0.371 e. The average Bonchev–Trinajstić information content (AvgIpc) is 3.25.